The first-order chi connectivity index (χ1) is 15.7. The molecule has 2 aromatic carbocycles. The first kappa shape index (κ1) is 21.2. The van der Waals surface area contributed by atoms with Crippen LogP contribution >= 0.6 is 0 Å². The molecule has 5 nitrogen and oxygen atoms in total. The van der Waals surface area contributed by atoms with Crippen LogP contribution in [0.1, 0.15) is 66.4 Å². The average molecular weight is 435 g/mol. The average Bonchev–Trinajstić information content (AvgIpc) is 2.83. The third kappa shape index (κ3) is 5.05. The van der Waals surface area contributed by atoms with Crippen molar-refractivity contribution in [3.8, 4) is 11.5 Å². The predicted molar refractivity (Wildman–Crippen MR) is 122 cm³/mol. The number of hydrogen-bond donors (Lipinski definition) is 0. The van der Waals surface area contributed by atoms with Gasteiger partial charge in [-0.1, -0.05) is 12.1 Å². The van der Waals surface area contributed by atoms with Gasteiger partial charge in [-0.3, -0.25) is 4.79 Å². The second-order valence-corrected chi connectivity index (χ2v) is 8.71. The lowest BCUT2D eigenvalue weighted by Gasteiger charge is -2.24. The van der Waals surface area contributed by atoms with Gasteiger partial charge < -0.3 is 18.9 Å². The summed E-state index contributed by atoms with van der Waals surface area (Å²) >= 11 is 0. The van der Waals surface area contributed by atoms with E-state index in [-0.39, 0.29) is 18.4 Å². The lowest BCUT2D eigenvalue weighted by molar-refractivity contribution is -0.106. The van der Waals surface area contributed by atoms with E-state index in [1.807, 2.05) is 48.5 Å². The number of ketones is 1. The molecule has 5 rings (SSSR count). The van der Waals surface area contributed by atoms with Gasteiger partial charge in [0.1, 0.15) is 11.5 Å². The molecule has 32 heavy (non-hydrogen) atoms. The number of hydrogen-bond acceptors (Lipinski definition) is 5. The molecule has 2 aromatic rings. The summed E-state index contributed by atoms with van der Waals surface area (Å²) in [6.45, 7) is 1.52. The maximum absolute atomic E-state index is 13.1. The zero-order valence-corrected chi connectivity index (χ0v) is 18.4. The second-order valence-electron chi connectivity index (χ2n) is 8.71. The van der Waals surface area contributed by atoms with Crippen LogP contribution in [-0.4, -0.2) is 31.6 Å². The predicted octanol–water partition coefficient (Wildman–Crippen LogP) is 5.71. The van der Waals surface area contributed by atoms with Crippen LogP contribution in [0.3, 0.4) is 0 Å². The molecule has 2 unspecified atom stereocenters. The normalized spacial score (nSPS) is 24.8. The molecule has 0 N–H and O–H groups in total. The van der Waals surface area contributed by atoms with Crippen molar-refractivity contribution >= 4 is 11.9 Å². The molecule has 0 aromatic heterocycles. The number of aryl methyl sites for hydroxylation is 1. The van der Waals surface area contributed by atoms with Gasteiger partial charge in [-0.05, 0) is 86.1 Å². The Morgan fingerprint density at radius 3 is 2.09 bits per heavy atom. The van der Waals surface area contributed by atoms with Gasteiger partial charge in [0, 0.05) is 24.0 Å². The van der Waals surface area contributed by atoms with E-state index < -0.39 is 0 Å². The van der Waals surface area contributed by atoms with E-state index in [0.29, 0.717) is 0 Å². The molecule has 0 saturated carbocycles. The molecule has 2 heterocycles. The highest BCUT2D eigenvalue weighted by Gasteiger charge is 2.23. The van der Waals surface area contributed by atoms with Crippen LogP contribution in [0.15, 0.2) is 48.0 Å². The zero-order chi connectivity index (χ0) is 21.8. The summed E-state index contributed by atoms with van der Waals surface area (Å²) in [5, 5.41) is 0. The quantitative estimate of drug-likeness (QED) is 0.564. The number of Topliss-reactive ketones (excluding diaryl/α,β-unsaturated/α-hetero) is 1. The number of carbonyl (C=O) groups is 1. The van der Waals surface area contributed by atoms with E-state index >= 15 is 0 Å². The molecular formula is C27H30O5. The molecular weight excluding hydrogens is 404 g/mol. The molecule has 168 valence electrons. The molecule has 0 spiro atoms. The molecule has 1 aliphatic carbocycles. The minimum atomic E-state index is -0.173. The molecule has 0 amide bonds. The molecule has 2 atom stereocenters. The van der Waals surface area contributed by atoms with Gasteiger partial charge in [-0.15, -0.1) is 0 Å². The fraction of sp³-hybridized carbons (Fsp3) is 0.444. The van der Waals surface area contributed by atoms with Crippen molar-refractivity contribution in [1.29, 1.82) is 0 Å². The van der Waals surface area contributed by atoms with Crippen molar-refractivity contribution < 1.29 is 23.7 Å². The SMILES string of the molecule is O=C1/C(=C/c2ccc(OC3CCCCO3)cc2)CCc2cc(OC3CCCCO3)ccc21. The van der Waals surface area contributed by atoms with Crippen LogP contribution in [0.25, 0.3) is 6.08 Å². The number of ether oxygens (including phenoxy) is 4. The number of carbonyl (C=O) groups excluding carboxylic acids is 1. The van der Waals surface area contributed by atoms with Crippen LogP contribution in [0.5, 0.6) is 11.5 Å². The van der Waals surface area contributed by atoms with Gasteiger partial charge in [0.2, 0.25) is 0 Å². The van der Waals surface area contributed by atoms with Gasteiger partial charge >= 0.3 is 0 Å². The van der Waals surface area contributed by atoms with E-state index in [1.165, 1.54) is 0 Å². The number of rotatable bonds is 5. The monoisotopic (exact) mass is 434 g/mol. The summed E-state index contributed by atoms with van der Waals surface area (Å²) in [7, 11) is 0. The Morgan fingerprint density at radius 2 is 1.44 bits per heavy atom. The molecule has 0 bridgehead atoms. The van der Waals surface area contributed by atoms with E-state index in [0.717, 1.165) is 98.3 Å². The first-order valence-corrected chi connectivity index (χ1v) is 11.8. The largest absolute Gasteiger partial charge is 0.465 e. The Morgan fingerprint density at radius 1 is 0.781 bits per heavy atom. The Kier molecular flexibility index (Phi) is 6.56. The Bertz CT molecular complexity index is 966. The van der Waals surface area contributed by atoms with E-state index in [4.69, 9.17) is 18.9 Å². The smallest absolute Gasteiger partial charge is 0.199 e. The summed E-state index contributed by atoms with van der Waals surface area (Å²) < 4.78 is 23.2. The fourth-order valence-electron chi connectivity index (χ4n) is 4.52. The number of benzene rings is 2. The van der Waals surface area contributed by atoms with Gasteiger partial charge in [0.25, 0.3) is 0 Å². The van der Waals surface area contributed by atoms with Crippen LogP contribution < -0.4 is 9.47 Å². The third-order valence-corrected chi connectivity index (χ3v) is 6.31. The maximum atomic E-state index is 13.1. The summed E-state index contributed by atoms with van der Waals surface area (Å²) in [6.07, 6.45) is 9.54. The fourth-order valence-corrected chi connectivity index (χ4v) is 4.52. The Hall–Kier alpha value is -2.63. The summed E-state index contributed by atoms with van der Waals surface area (Å²) in [5.41, 5.74) is 3.67. The molecule has 2 saturated heterocycles. The van der Waals surface area contributed by atoms with Crippen LogP contribution in [0.2, 0.25) is 0 Å². The Balaban J connectivity index is 1.24. The van der Waals surface area contributed by atoms with Crippen molar-refractivity contribution in [2.45, 2.75) is 63.9 Å². The number of allylic oxidation sites excluding steroid dienone is 1. The van der Waals surface area contributed by atoms with Crippen molar-refractivity contribution in [2.24, 2.45) is 0 Å². The van der Waals surface area contributed by atoms with E-state index in [1.54, 1.807) is 0 Å². The van der Waals surface area contributed by atoms with E-state index in [2.05, 4.69) is 0 Å². The van der Waals surface area contributed by atoms with Crippen molar-refractivity contribution in [1.82, 2.24) is 0 Å². The molecule has 3 aliphatic rings. The lowest BCUT2D eigenvalue weighted by Crippen LogP contribution is -2.25. The zero-order valence-electron chi connectivity index (χ0n) is 18.4. The molecule has 5 heteroatoms. The maximum Gasteiger partial charge on any atom is 0.199 e. The van der Waals surface area contributed by atoms with Crippen molar-refractivity contribution in [2.75, 3.05) is 13.2 Å². The highest BCUT2D eigenvalue weighted by atomic mass is 16.7. The lowest BCUT2D eigenvalue weighted by atomic mass is 9.86. The van der Waals surface area contributed by atoms with E-state index in [9.17, 15) is 4.79 Å². The second kappa shape index (κ2) is 9.88. The minimum absolute atomic E-state index is 0.0997. The van der Waals surface area contributed by atoms with Crippen LogP contribution in [0, 0.1) is 0 Å². The highest BCUT2D eigenvalue weighted by Crippen LogP contribution is 2.31. The topological polar surface area (TPSA) is 54.0 Å². The number of fused-ring (bicyclic) bond motifs is 1. The van der Waals surface area contributed by atoms with Crippen molar-refractivity contribution in [3.05, 3.63) is 64.7 Å². The molecule has 2 fully saturated rings. The summed E-state index contributed by atoms with van der Waals surface area (Å²) in [5.74, 6) is 1.69. The van der Waals surface area contributed by atoms with Crippen LogP contribution in [0.4, 0.5) is 0 Å². The van der Waals surface area contributed by atoms with Gasteiger partial charge in [-0.25, -0.2) is 0 Å². The molecule has 0 radical (unpaired) electrons. The minimum Gasteiger partial charge on any atom is -0.465 e. The van der Waals surface area contributed by atoms with Gasteiger partial charge in [0.15, 0.2) is 18.4 Å². The molecule has 2 aliphatic heterocycles. The standard InChI is InChI=1S/C27H30O5/c28-27-21(17-19-7-11-22(12-8-19)31-25-5-1-3-15-29-25)10-9-20-18-23(13-14-24(20)27)32-26-6-2-4-16-30-26/h7-8,11-14,17-18,25-26H,1-6,9-10,15-16H2/b21-17+. The van der Waals surface area contributed by atoms with Crippen LogP contribution in [-0.2, 0) is 15.9 Å². The first-order valence-electron chi connectivity index (χ1n) is 11.8. The Labute approximate surface area is 189 Å². The highest BCUT2D eigenvalue weighted by molar-refractivity contribution is 6.13. The summed E-state index contributed by atoms with van der Waals surface area (Å²) in [6, 6.07) is 13.7. The summed E-state index contributed by atoms with van der Waals surface area (Å²) in [4.78, 5) is 13.1. The van der Waals surface area contributed by atoms with Gasteiger partial charge in [-0.2, -0.15) is 0 Å². The van der Waals surface area contributed by atoms with Crippen molar-refractivity contribution in [3.63, 3.8) is 0 Å². The van der Waals surface area contributed by atoms with Gasteiger partial charge in [0.05, 0.1) is 13.2 Å². The third-order valence-electron chi connectivity index (χ3n) is 6.31.